The maximum absolute atomic E-state index is 13.2. The lowest BCUT2D eigenvalue weighted by Gasteiger charge is -2.27. The monoisotopic (exact) mass is 570 g/mol. The first-order valence-corrected chi connectivity index (χ1v) is 13.9. The molecule has 43 heavy (non-hydrogen) atoms. The fourth-order valence-corrected chi connectivity index (χ4v) is 5.30. The van der Waals surface area contributed by atoms with Crippen LogP contribution < -0.4 is 19.9 Å². The first-order valence-electron chi connectivity index (χ1n) is 13.9. The summed E-state index contributed by atoms with van der Waals surface area (Å²) in [6.07, 6.45) is 0. The van der Waals surface area contributed by atoms with E-state index in [9.17, 15) is 10.1 Å². The molecule has 0 aliphatic carbocycles. The summed E-state index contributed by atoms with van der Waals surface area (Å²) < 4.78 is 23.5. The highest BCUT2D eigenvalue weighted by Crippen LogP contribution is 2.44. The van der Waals surface area contributed by atoms with Crippen LogP contribution in [0.3, 0.4) is 0 Å². The Morgan fingerprint density at radius 1 is 0.930 bits per heavy atom. The van der Waals surface area contributed by atoms with Crippen LogP contribution in [0, 0.1) is 39.0 Å². The molecule has 0 saturated heterocycles. The average Bonchev–Trinajstić information content (AvgIpc) is 3.31. The molecule has 0 bridgehead atoms. The highest BCUT2D eigenvalue weighted by atomic mass is 16.5. The van der Waals surface area contributed by atoms with E-state index >= 15 is 0 Å². The van der Waals surface area contributed by atoms with Crippen LogP contribution in [-0.4, -0.2) is 5.97 Å². The van der Waals surface area contributed by atoms with Crippen LogP contribution >= 0.6 is 0 Å². The van der Waals surface area contributed by atoms with E-state index in [4.69, 9.17) is 24.4 Å². The maximum atomic E-state index is 13.2. The summed E-state index contributed by atoms with van der Waals surface area (Å²) in [6, 6.07) is 27.0. The minimum atomic E-state index is -0.615. The number of hydrogen-bond acceptors (Lipinski definition) is 7. The first kappa shape index (κ1) is 27.7. The van der Waals surface area contributed by atoms with Crippen molar-refractivity contribution in [3.05, 3.63) is 135 Å². The van der Waals surface area contributed by atoms with Crippen LogP contribution in [0.2, 0.25) is 0 Å². The van der Waals surface area contributed by atoms with Gasteiger partial charge in [0.15, 0.2) is 0 Å². The molecule has 5 aromatic rings. The van der Waals surface area contributed by atoms with Gasteiger partial charge in [0, 0.05) is 22.6 Å². The molecule has 2 heterocycles. The second-order valence-corrected chi connectivity index (χ2v) is 10.8. The molecule has 1 atom stereocenters. The van der Waals surface area contributed by atoms with Crippen molar-refractivity contribution < 1.29 is 23.4 Å². The summed E-state index contributed by atoms with van der Waals surface area (Å²) in [6.45, 7) is 8.31. The Balaban J connectivity index is 1.27. The van der Waals surface area contributed by atoms with Crippen molar-refractivity contribution in [1.29, 1.82) is 5.26 Å². The van der Waals surface area contributed by atoms with Crippen LogP contribution in [0.15, 0.2) is 94.7 Å². The van der Waals surface area contributed by atoms with E-state index in [0.29, 0.717) is 34.8 Å². The topological polar surface area (TPSA) is 108 Å². The van der Waals surface area contributed by atoms with Gasteiger partial charge in [0.2, 0.25) is 11.6 Å². The molecule has 1 unspecified atom stereocenters. The van der Waals surface area contributed by atoms with Gasteiger partial charge in [-0.2, -0.15) is 5.26 Å². The van der Waals surface area contributed by atoms with Gasteiger partial charge in [0.1, 0.15) is 41.1 Å². The average molecular weight is 571 g/mol. The number of allylic oxidation sites excluding steroid dienone is 1. The third kappa shape index (κ3) is 5.31. The molecule has 0 saturated carbocycles. The van der Waals surface area contributed by atoms with E-state index in [1.165, 1.54) is 5.56 Å². The number of benzene rings is 4. The molecule has 1 aliphatic rings. The lowest BCUT2D eigenvalue weighted by Crippen LogP contribution is -2.21. The number of nitrogens with two attached hydrogens (primary N) is 1. The SMILES string of the molecule is Cc1ccc(COc2cccc(C3C(C#N)=C(N)Oc4cc(OC(=O)c5oc6cc(C)c(C)cc6c5C)ccc43)c2)cc1. The van der Waals surface area contributed by atoms with Gasteiger partial charge in [0.25, 0.3) is 0 Å². The van der Waals surface area contributed by atoms with Crippen LogP contribution in [0.1, 0.15) is 55.4 Å². The van der Waals surface area contributed by atoms with E-state index in [1.54, 1.807) is 18.2 Å². The van der Waals surface area contributed by atoms with Gasteiger partial charge in [-0.25, -0.2) is 4.79 Å². The van der Waals surface area contributed by atoms with Gasteiger partial charge in [-0.15, -0.1) is 0 Å². The van der Waals surface area contributed by atoms with E-state index in [0.717, 1.165) is 27.6 Å². The quantitative estimate of drug-likeness (QED) is 0.165. The molecule has 0 fully saturated rings. The zero-order valence-electron chi connectivity index (χ0n) is 24.4. The molecule has 0 amide bonds. The molecule has 0 radical (unpaired) electrons. The smallest absolute Gasteiger partial charge is 0.379 e. The van der Waals surface area contributed by atoms with Crippen molar-refractivity contribution >= 4 is 16.9 Å². The highest BCUT2D eigenvalue weighted by molar-refractivity contribution is 5.97. The molecular formula is C36H30N2O5. The van der Waals surface area contributed by atoms with Gasteiger partial charge in [-0.1, -0.05) is 48.0 Å². The predicted octanol–water partition coefficient (Wildman–Crippen LogP) is 7.68. The summed E-state index contributed by atoms with van der Waals surface area (Å²) in [7, 11) is 0. The minimum Gasteiger partial charge on any atom is -0.489 e. The molecule has 7 nitrogen and oxygen atoms in total. The fraction of sp³-hybridized carbons (Fsp3) is 0.167. The normalized spacial score (nSPS) is 14.2. The Hall–Kier alpha value is -5.48. The Morgan fingerprint density at radius 2 is 1.70 bits per heavy atom. The highest BCUT2D eigenvalue weighted by Gasteiger charge is 2.31. The number of rotatable bonds is 6. The zero-order valence-corrected chi connectivity index (χ0v) is 24.4. The van der Waals surface area contributed by atoms with Crippen molar-refractivity contribution in [2.24, 2.45) is 5.73 Å². The number of nitrogens with zero attached hydrogens (tertiary/aromatic N) is 1. The summed E-state index contributed by atoms with van der Waals surface area (Å²) in [4.78, 5) is 13.2. The molecule has 0 spiro atoms. The molecule has 6 rings (SSSR count). The lowest BCUT2D eigenvalue weighted by atomic mass is 9.83. The predicted molar refractivity (Wildman–Crippen MR) is 163 cm³/mol. The number of carbonyl (C=O) groups excluding carboxylic acids is 1. The Bertz CT molecular complexity index is 1960. The maximum Gasteiger partial charge on any atom is 0.379 e. The van der Waals surface area contributed by atoms with E-state index < -0.39 is 11.9 Å². The molecule has 7 heteroatoms. The van der Waals surface area contributed by atoms with Crippen molar-refractivity contribution in [2.75, 3.05) is 0 Å². The first-order chi connectivity index (χ1) is 20.7. The van der Waals surface area contributed by atoms with Crippen LogP contribution in [0.25, 0.3) is 11.0 Å². The summed E-state index contributed by atoms with van der Waals surface area (Å²) in [5.74, 6) is 0.350. The van der Waals surface area contributed by atoms with Gasteiger partial charge in [0.05, 0.1) is 5.92 Å². The van der Waals surface area contributed by atoms with Gasteiger partial charge in [-0.05, 0) is 80.3 Å². The number of nitriles is 1. The second kappa shape index (κ2) is 11.1. The number of carbonyl (C=O) groups is 1. The third-order valence-electron chi connectivity index (χ3n) is 7.86. The van der Waals surface area contributed by atoms with Gasteiger partial charge in [-0.3, -0.25) is 0 Å². The number of furan rings is 1. The van der Waals surface area contributed by atoms with Crippen LogP contribution in [-0.2, 0) is 6.61 Å². The van der Waals surface area contributed by atoms with E-state index in [-0.39, 0.29) is 23.0 Å². The number of esters is 1. The third-order valence-corrected chi connectivity index (χ3v) is 7.86. The van der Waals surface area contributed by atoms with Gasteiger partial charge < -0.3 is 24.4 Å². The lowest BCUT2D eigenvalue weighted by molar-refractivity contribution is 0.0702. The Kier molecular flexibility index (Phi) is 7.12. The van der Waals surface area contributed by atoms with Crippen LogP contribution in [0.5, 0.6) is 17.2 Å². The zero-order chi connectivity index (χ0) is 30.2. The molecule has 1 aromatic heterocycles. The molecular weight excluding hydrogens is 540 g/mol. The summed E-state index contributed by atoms with van der Waals surface area (Å²) >= 11 is 0. The number of hydrogen-bond donors (Lipinski definition) is 1. The standard InChI is InChI=1S/C36H30N2O5/c1-20-8-10-24(11-9-20)19-40-26-7-5-6-25(16-26)33-28-13-12-27(17-32(28)43-35(38)30(33)18-37)41-36(39)34-23(4)29-14-21(2)22(3)15-31(29)42-34/h5-17,33H,19,38H2,1-4H3. The van der Waals surface area contributed by atoms with Crippen molar-refractivity contribution in [3.63, 3.8) is 0 Å². The molecule has 214 valence electrons. The Labute approximate surface area is 249 Å². The van der Waals surface area contributed by atoms with Crippen LogP contribution in [0.4, 0.5) is 0 Å². The van der Waals surface area contributed by atoms with Crippen molar-refractivity contribution in [3.8, 4) is 23.3 Å². The van der Waals surface area contributed by atoms with Crippen molar-refractivity contribution in [1.82, 2.24) is 0 Å². The number of aryl methyl sites for hydroxylation is 4. The number of fused-ring (bicyclic) bond motifs is 2. The molecule has 4 aromatic carbocycles. The molecule has 2 N–H and O–H groups in total. The fourth-order valence-electron chi connectivity index (χ4n) is 5.30. The number of ether oxygens (including phenoxy) is 3. The van der Waals surface area contributed by atoms with E-state index in [1.807, 2.05) is 88.4 Å². The summed E-state index contributed by atoms with van der Waals surface area (Å²) in [5, 5.41) is 10.9. The van der Waals surface area contributed by atoms with E-state index in [2.05, 4.69) is 6.07 Å². The second-order valence-electron chi connectivity index (χ2n) is 10.8. The summed E-state index contributed by atoms with van der Waals surface area (Å²) in [5.41, 5.74) is 13.8. The van der Waals surface area contributed by atoms with Crippen molar-refractivity contribution in [2.45, 2.75) is 40.2 Å². The minimum absolute atomic E-state index is 0.00618. The van der Waals surface area contributed by atoms with Gasteiger partial charge >= 0.3 is 5.97 Å². The largest absolute Gasteiger partial charge is 0.489 e. The molecule has 1 aliphatic heterocycles. The Morgan fingerprint density at radius 3 is 2.47 bits per heavy atom.